The fourth-order valence-corrected chi connectivity index (χ4v) is 3.64. The van der Waals surface area contributed by atoms with Gasteiger partial charge in [-0.1, -0.05) is 33.8 Å². The first kappa shape index (κ1) is 20.0. The third-order valence-electron chi connectivity index (χ3n) is 4.21. The standard InChI is InChI=1S/C20H25N5O2S/c1-6-13-12(2)21-19(23-18(13)27)25-16(22-17(26)11-20(3,4)5)10-14(24-25)15-8-7-9-28-15/h7-10H,6,11H2,1-5H3,(H,22,26)(H,21,23,27). The molecule has 0 aliphatic rings. The van der Waals surface area contributed by atoms with Gasteiger partial charge in [-0.25, -0.2) is 4.98 Å². The minimum atomic E-state index is -0.190. The molecule has 148 valence electrons. The Morgan fingerprint density at radius 3 is 2.68 bits per heavy atom. The topological polar surface area (TPSA) is 92.7 Å². The van der Waals surface area contributed by atoms with Crippen LogP contribution in [0.5, 0.6) is 0 Å². The number of rotatable bonds is 5. The average molecular weight is 400 g/mol. The van der Waals surface area contributed by atoms with E-state index in [4.69, 9.17) is 0 Å². The van der Waals surface area contributed by atoms with Crippen LogP contribution in [-0.4, -0.2) is 25.7 Å². The quantitative estimate of drug-likeness (QED) is 0.680. The van der Waals surface area contributed by atoms with E-state index in [0.29, 0.717) is 35.6 Å². The van der Waals surface area contributed by atoms with E-state index in [0.717, 1.165) is 4.88 Å². The molecule has 2 N–H and O–H groups in total. The summed E-state index contributed by atoms with van der Waals surface area (Å²) < 4.78 is 1.49. The summed E-state index contributed by atoms with van der Waals surface area (Å²) >= 11 is 1.55. The summed E-state index contributed by atoms with van der Waals surface area (Å²) in [5.41, 5.74) is 1.68. The van der Waals surface area contributed by atoms with E-state index in [1.807, 2.05) is 45.2 Å². The fourth-order valence-electron chi connectivity index (χ4n) is 2.96. The highest BCUT2D eigenvalue weighted by Crippen LogP contribution is 2.28. The molecule has 0 aliphatic heterocycles. The first-order valence-corrected chi connectivity index (χ1v) is 10.1. The van der Waals surface area contributed by atoms with E-state index in [-0.39, 0.29) is 22.8 Å². The minimum Gasteiger partial charge on any atom is -0.310 e. The molecular formula is C20H25N5O2S. The van der Waals surface area contributed by atoms with Crippen molar-refractivity contribution < 1.29 is 4.79 Å². The Morgan fingerprint density at radius 1 is 1.36 bits per heavy atom. The van der Waals surface area contributed by atoms with Gasteiger partial charge in [0, 0.05) is 23.7 Å². The van der Waals surface area contributed by atoms with E-state index >= 15 is 0 Å². The third kappa shape index (κ3) is 4.39. The summed E-state index contributed by atoms with van der Waals surface area (Å²) in [6, 6.07) is 5.70. The Balaban J connectivity index is 2.06. The second-order valence-corrected chi connectivity index (χ2v) is 8.84. The number of carbonyl (C=O) groups is 1. The molecule has 7 nitrogen and oxygen atoms in total. The van der Waals surface area contributed by atoms with E-state index in [2.05, 4.69) is 20.4 Å². The Hall–Kier alpha value is -2.74. The number of aryl methyl sites for hydroxylation is 1. The molecule has 0 atom stereocenters. The molecule has 3 aromatic heterocycles. The molecule has 8 heteroatoms. The highest BCUT2D eigenvalue weighted by Gasteiger charge is 2.20. The maximum atomic E-state index is 12.5. The second-order valence-electron chi connectivity index (χ2n) is 7.90. The molecule has 0 saturated carbocycles. The SMILES string of the molecule is CCc1c(C)nc(-n2nc(-c3cccs3)cc2NC(=O)CC(C)(C)C)[nH]c1=O. The Labute approximate surface area is 167 Å². The van der Waals surface area contributed by atoms with Crippen molar-refractivity contribution >= 4 is 23.1 Å². The summed E-state index contributed by atoms with van der Waals surface area (Å²) in [5, 5.41) is 9.47. The maximum absolute atomic E-state index is 12.5. The van der Waals surface area contributed by atoms with Crippen molar-refractivity contribution in [1.29, 1.82) is 0 Å². The van der Waals surface area contributed by atoms with Gasteiger partial charge in [-0.15, -0.1) is 11.3 Å². The highest BCUT2D eigenvalue weighted by molar-refractivity contribution is 7.13. The number of hydrogen-bond acceptors (Lipinski definition) is 5. The summed E-state index contributed by atoms with van der Waals surface area (Å²) in [7, 11) is 0. The van der Waals surface area contributed by atoms with Gasteiger partial charge in [0.25, 0.3) is 5.56 Å². The van der Waals surface area contributed by atoms with Crippen LogP contribution in [0, 0.1) is 12.3 Å². The molecule has 0 spiro atoms. The lowest BCUT2D eigenvalue weighted by molar-refractivity contribution is -0.117. The number of nitrogens with zero attached hydrogens (tertiary/aromatic N) is 3. The number of thiophene rings is 1. The second kappa shape index (κ2) is 7.71. The number of aromatic amines is 1. The average Bonchev–Trinajstić information content (AvgIpc) is 3.22. The van der Waals surface area contributed by atoms with Gasteiger partial charge in [0.15, 0.2) is 0 Å². The molecule has 0 saturated heterocycles. The Bertz CT molecular complexity index is 1040. The third-order valence-corrected chi connectivity index (χ3v) is 5.10. The number of H-pyrrole nitrogens is 1. The van der Waals surface area contributed by atoms with E-state index in [9.17, 15) is 9.59 Å². The number of anilines is 1. The van der Waals surface area contributed by atoms with Crippen molar-refractivity contribution in [2.45, 2.75) is 47.5 Å². The Morgan fingerprint density at radius 2 is 2.11 bits per heavy atom. The van der Waals surface area contributed by atoms with Crippen LogP contribution >= 0.6 is 11.3 Å². The van der Waals surface area contributed by atoms with Crippen LogP contribution in [0.4, 0.5) is 5.82 Å². The van der Waals surface area contributed by atoms with Gasteiger partial charge in [-0.05, 0) is 30.2 Å². The van der Waals surface area contributed by atoms with Gasteiger partial charge < -0.3 is 5.32 Å². The number of amides is 1. The minimum absolute atomic E-state index is 0.115. The molecule has 0 fully saturated rings. The zero-order valence-electron chi connectivity index (χ0n) is 16.8. The largest absolute Gasteiger partial charge is 0.310 e. The smallest absolute Gasteiger partial charge is 0.255 e. The monoisotopic (exact) mass is 399 g/mol. The summed E-state index contributed by atoms with van der Waals surface area (Å²) in [5.74, 6) is 0.647. The summed E-state index contributed by atoms with van der Waals surface area (Å²) in [4.78, 5) is 33.2. The van der Waals surface area contributed by atoms with Gasteiger partial charge in [-0.2, -0.15) is 9.78 Å². The van der Waals surface area contributed by atoms with Crippen LogP contribution in [0.3, 0.4) is 0 Å². The molecule has 28 heavy (non-hydrogen) atoms. The van der Waals surface area contributed by atoms with Crippen LogP contribution in [0.15, 0.2) is 28.4 Å². The molecule has 1 amide bonds. The molecular weight excluding hydrogens is 374 g/mol. The Kier molecular flexibility index (Phi) is 5.51. The molecule has 0 aromatic carbocycles. The van der Waals surface area contributed by atoms with Crippen LogP contribution in [-0.2, 0) is 11.2 Å². The van der Waals surface area contributed by atoms with Crippen molar-refractivity contribution in [1.82, 2.24) is 19.7 Å². The molecule has 0 unspecified atom stereocenters. The zero-order valence-corrected chi connectivity index (χ0v) is 17.6. The molecule has 0 aliphatic carbocycles. The summed E-state index contributed by atoms with van der Waals surface area (Å²) in [6.45, 7) is 9.74. The maximum Gasteiger partial charge on any atom is 0.255 e. The molecule has 0 radical (unpaired) electrons. The van der Waals surface area contributed by atoms with Gasteiger partial charge in [0.05, 0.1) is 4.88 Å². The van der Waals surface area contributed by atoms with Crippen molar-refractivity contribution in [2.24, 2.45) is 5.41 Å². The van der Waals surface area contributed by atoms with Crippen LogP contribution in [0.1, 0.15) is 45.4 Å². The zero-order chi connectivity index (χ0) is 20.5. The number of carbonyl (C=O) groups excluding carboxylic acids is 1. The predicted molar refractivity (Wildman–Crippen MR) is 112 cm³/mol. The van der Waals surface area contributed by atoms with Gasteiger partial charge in [0.2, 0.25) is 11.9 Å². The van der Waals surface area contributed by atoms with E-state index in [1.165, 1.54) is 4.68 Å². The van der Waals surface area contributed by atoms with E-state index < -0.39 is 0 Å². The van der Waals surface area contributed by atoms with Crippen molar-refractivity contribution in [2.75, 3.05) is 5.32 Å². The number of nitrogens with one attached hydrogen (secondary N) is 2. The fraction of sp³-hybridized carbons (Fsp3) is 0.400. The lowest BCUT2D eigenvalue weighted by Gasteiger charge is -2.17. The van der Waals surface area contributed by atoms with Crippen molar-refractivity contribution in [3.05, 3.63) is 45.2 Å². The number of hydrogen-bond donors (Lipinski definition) is 2. The van der Waals surface area contributed by atoms with Crippen molar-refractivity contribution in [3.8, 4) is 16.5 Å². The normalized spacial score (nSPS) is 11.6. The molecule has 3 rings (SSSR count). The van der Waals surface area contributed by atoms with E-state index in [1.54, 1.807) is 24.3 Å². The van der Waals surface area contributed by atoms with Crippen LogP contribution < -0.4 is 10.9 Å². The lowest BCUT2D eigenvalue weighted by atomic mass is 9.92. The lowest BCUT2D eigenvalue weighted by Crippen LogP contribution is -2.23. The van der Waals surface area contributed by atoms with Crippen LogP contribution in [0.25, 0.3) is 16.5 Å². The molecule has 0 bridgehead atoms. The molecule has 3 aromatic rings. The predicted octanol–water partition coefficient (Wildman–Crippen LogP) is 3.93. The van der Waals surface area contributed by atoms with Gasteiger partial charge >= 0.3 is 0 Å². The first-order valence-electron chi connectivity index (χ1n) is 9.22. The molecule has 3 heterocycles. The number of aromatic nitrogens is 4. The van der Waals surface area contributed by atoms with Crippen molar-refractivity contribution in [3.63, 3.8) is 0 Å². The van der Waals surface area contributed by atoms with Gasteiger partial charge in [0.1, 0.15) is 11.5 Å². The van der Waals surface area contributed by atoms with Gasteiger partial charge in [-0.3, -0.25) is 14.6 Å². The highest BCUT2D eigenvalue weighted by atomic mass is 32.1. The summed E-state index contributed by atoms with van der Waals surface area (Å²) in [6.07, 6.45) is 0.966. The van der Waals surface area contributed by atoms with Crippen LogP contribution in [0.2, 0.25) is 0 Å². The first-order chi connectivity index (χ1) is 13.2.